The van der Waals surface area contributed by atoms with Gasteiger partial charge in [-0.15, -0.1) is 0 Å². The molecular weight excluding hydrogens is 317 g/mol. The molecule has 0 saturated carbocycles. The third kappa shape index (κ3) is 3.27. The van der Waals surface area contributed by atoms with Crippen LogP contribution in [0.1, 0.15) is 16.1 Å². The van der Waals surface area contributed by atoms with Gasteiger partial charge in [0.2, 0.25) is 0 Å². The molecule has 5 heteroatoms. The minimum absolute atomic E-state index is 0.0148. The number of hydrogen-bond donors (Lipinski definition) is 0. The molecule has 0 atom stereocenters. The SMILES string of the molecule is O=C(c1ccccc1F)N(Cc1ccco1)c1ccccc1Cl. The molecule has 0 radical (unpaired) electrons. The molecule has 3 rings (SSSR count). The van der Waals surface area contributed by atoms with E-state index in [1.54, 1.807) is 48.5 Å². The third-order valence-corrected chi connectivity index (χ3v) is 3.71. The van der Waals surface area contributed by atoms with Gasteiger partial charge in [-0.05, 0) is 36.4 Å². The average molecular weight is 330 g/mol. The number of anilines is 1. The number of carbonyl (C=O) groups excluding carboxylic acids is 1. The Labute approximate surface area is 137 Å². The highest BCUT2D eigenvalue weighted by Gasteiger charge is 2.23. The first-order valence-corrected chi connectivity index (χ1v) is 7.38. The van der Waals surface area contributed by atoms with E-state index in [1.165, 1.54) is 23.3 Å². The Morgan fingerprint density at radius 3 is 2.48 bits per heavy atom. The normalized spacial score (nSPS) is 10.5. The Kier molecular flexibility index (Phi) is 4.44. The number of benzene rings is 2. The molecule has 0 unspecified atom stereocenters. The molecule has 3 aromatic rings. The third-order valence-electron chi connectivity index (χ3n) is 3.39. The van der Waals surface area contributed by atoms with Crippen LogP contribution in [-0.4, -0.2) is 5.91 Å². The van der Waals surface area contributed by atoms with E-state index in [4.69, 9.17) is 16.0 Å². The van der Waals surface area contributed by atoms with Crippen molar-refractivity contribution in [2.24, 2.45) is 0 Å². The van der Waals surface area contributed by atoms with Crippen molar-refractivity contribution in [2.75, 3.05) is 4.90 Å². The summed E-state index contributed by atoms with van der Waals surface area (Å²) in [6.45, 7) is 0.157. The summed E-state index contributed by atoms with van der Waals surface area (Å²) in [7, 11) is 0. The van der Waals surface area contributed by atoms with Gasteiger partial charge in [-0.2, -0.15) is 0 Å². The van der Waals surface area contributed by atoms with Gasteiger partial charge in [0.1, 0.15) is 11.6 Å². The maximum absolute atomic E-state index is 14.0. The van der Waals surface area contributed by atoms with Crippen molar-refractivity contribution in [1.29, 1.82) is 0 Å². The summed E-state index contributed by atoms with van der Waals surface area (Å²) in [6, 6.07) is 16.3. The van der Waals surface area contributed by atoms with E-state index in [1.807, 2.05) is 0 Å². The van der Waals surface area contributed by atoms with Gasteiger partial charge < -0.3 is 4.42 Å². The van der Waals surface area contributed by atoms with Crippen LogP contribution >= 0.6 is 11.6 Å². The minimum Gasteiger partial charge on any atom is -0.467 e. The molecule has 0 bridgehead atoms. The molecule has 23 heavy (non-hydrogen) atoms. The van der Waals surface area contributed by atoms with Crippen LogP contribution in [0.5, 0.6) is 0 Å². The molecule has 1 amide bonds. The van der Waals surface area contributed by atoms with Crippen LogP contribution in [-0.2, 0) is 6.54 Å². The zero-order valence-electron chi connectivity index (χ0n) is 12.1. The lowest BCUT2D eigenvalue weighted by Gasteiger charge is -2.23. The van der Waals surface area contributed by atoms with Gasteiger partial charge in [-0.3, -0.25) is 9.69 Å². The number of amides is 1. The molecule has 1 heterocycles. The Morgan fingerprint density at radius 2 is 1.78 bits per heavy atom. The first kappa shape index (κ1) is 15.3. The van der Waals surface area contributed by atoms with Crippen LogP contribution in [0.2, 0.25) is 5.02 Å². The van der Waals surface area contributed by atoms with Gasteiger partial charge in [0, 0.05) is 0 Å². The molecule has 0 aliphatic carbocycles. The predicted octanol–water partition coefficient (Wildman–Crippen LogP) is 4.92. The van der Waals surface area contributed by atoms with E-state index in [9.17, 15) is 9.18 Å². The first-order valence-electron chi connectivity index (χ1n) is 7.00. The Bertz CT molecular complexity index is 817. The predicted molar refractivity (Wildman–Crippen MR) is 87.1 cm³/mol. The molecular formula is C18H13ClFNO2. The van der Waals surface area contributed by atoms with Crippen LogP contribution in [0.4, 0.5) is 10.1 Å². The summed E-state index contributed by atoms with van der Waals surface area (Å²) in [5.41, 5.74) is 0.484. The van der Waals surface area contributed by atoms with Gasteiger partial charge in [-0.25, -0.2) is 4.39 Å². The van der Waals surface area contributed by atoms with Gasteiger partial charge in [0.25, 0.3) is 5.91 Å². The molecule has 0 aliphatic rings. The summed E-state index contributed by atoms with van der Waals surface area (Å²) in [6.07, 6.45) is 1.52. The first-order chi connectivity index (χ1) is 11.2. The maximum Gasteiger partial charge on any atom is 0.261 e. The van der Waals surface area contributed by atoms with Crippen molar-refractivity contribution in [3.05, 3.63) is 89.1 Å². The fourth-order valence-corrected chi connectivity index (χ4v) is 2.51. The zero-order valence-corrected chi connectivity index (χ0v) is 12.8. The van der Waals surface area contributed by atoms with E-state index in [2.05, 4.69) is 0 Å². The second kappa shape index (κ2) is 6.67. The summed E-state index contributed by atoms with van der Waals surface area (Å²) in [4.78, 5) is 14.2. The smallest absolute Gasteiger partial charge is 0.261 e. The van der Waals surface area contributed by atoms with E-state index in [0.29, 0.717) is 16.5 Å². The lowest BCUT2D eigenvalue weighted by Crippen LogP contribution is -2.31. The lowest BCUT2D eigenvalue weighted by atomic mass is 10.1. The second-order valence-electron chi connectivity index (χ2n) is 4.90. The Balaban J connectivity index is 2.03. The summed E-state index contributed by atoms with van der Waals surface area (Å²) in [5, 5.41) is 0.406. The molecule has 0 spiro atoms. The van der Waals surface area contributed by atoms with Crippen molar-refractivity contribution < 1.29 is 13.6 Å². The molecule has 2 aromatic carbocycles. The number of halogens is 2. The minimum atomic E-state index is -0.575. The highest BCUT2D eigenvalue weighted by atomic mass is 35.5. The van der Waals surface area contributed by atoms with E-state index >= 15 is 0 Å². The Morgan fingerprint density at radius 1 is 1.04 bits per heavy atom. The topological polar surface area (TPSA) is 33.5 Å². The number of para-hydroxylation sites is 1. The summed E-state index contributed by atoms with van der Waals surface area (Å²) in [5.74, 6) is -0.476. The van der Waals surface area contributed by atoms with E-state index in [0.717, 1.165) is 0 Å². The van der Waals surface area contributed by atoms with E-state index < -0.39 is 11.7 Å². The van der Waals surface area contributed by atoms with E-state index in [-0.39, 0.29) is 12.1 Å². The zero-order chi connectivity index (χ0) is 16.2. The van der Waals surface area contributed by atoms with Crippen LogP contribution in [0.3, 0.4) is 0 Å². The van der Waals surface area contributed by atoms with Crippen molar-refractivity contribution in [3.8, 4) is 0 Å². The molecule has 3 nitrogen and oxygen atoms in total. The highest BCUT2D eigenvalue weighted by Crippen LogP contribution is 2.28. The number of nitrogens with zero attached hydrogens (tertiary/aromatic N) is 1. The standard InChI is InChI=1S/C18H13ClFNO2/c19-15-8-2-4-10-17(15)21(12-13-6-5-11-23-13)18(22)14-7-1-3-9-16(14)20/h1-11H,12H2. The fraction of sp³-hybridized carbons (Fsp3) is 0.0556. The lowest BCUT2D eigenvalue weighted by molar-refractivity contribution is 0.0979. The number of rotatable bonds is 4. The summed E-state index contributed by atoms with van der Waals surface area (Å²) >= 11 is 6.21. The largest absolute Gasteiger partial charge is 0.467 e. The van der Waals surface area contributed by atoms with Crippen molar-refractivity contribution >= 4 is 23.2 Å². The number of furan rings is 1. The van der Waals surface area contributed by atoms with Crippen LogP contribution in [0.25, 0.3) is 0 Å². The van der Waals surface area contributed by atoms with Crippen LogP contribution in [0, 0.1) is 5.82 Å². The van der Waals surface area contributed by atoms with Crippen molar-refractivity contribution in [1.82, 2.24) is 0 Å². The molecule has 0 aliphatic heterocycles. The number of carbonyl (C=O) groups is 1. The number of hydrogen-bond acceptors (Lipinski definition) is 2. The molecule has 1 aromatic heterocycles. The molecule has 0 fully saturated rings. The van der Waals surface area contributed by atoms with Crippen molar-refractivity contribution in [2.45, 2.75) is 6.54 Å². The van der Waals surface area contributed by atoms with Gasteiger partial charge in [-0.1, -0.05) is 35.9 Å². The maximum atomic E-state index is 14.0. The van der Waals surface area contributed by atoms with Crippen LogP contribution in [0.15, 0.2) is 71.3 Å². The molecule has 0 saturated heterocycles. The summed E-state index contributed by atoms with van der Waals surface area (Å²) < 4.78 is 19.3. The average Bonchev–Trinajstić information content (AvgIpc) is 3.06. The fourth-order valence-electron chi connectivity index (χ4n) is 2.28. The second-order valence-corrected chi connectivity index (χ2v) is 5.31. The monoisotopic (exact) mass is 329 g/mol. The van der Waals surface area contributed by atoms with Crippen LogP contribution < -0.4 is 4.90 Å². The Hall–Kier alpha value is -2.59. The van der Waals surface area contributed by atoms with Crippen molar-refractivity contribution in [3.63, 3.8) is 0 Å². The van der Waals surface area contributed by atoms with Gasteiger partial charge in [0.05, 0.1) is 29.1 Å². The van der Waals surface area contributed by atoms with Gasteiger partial charge in [0.15, 0.2) is 0 Å². The highest BCUT2D eigenvalue weighted by molar-refractivity contribution is 6.34. The quantitative estimate of drug-likeness (QED) is 0.680. The molecule has 116 valence electrons. The van der Waals surface area contributed by atoms with Gasteiger partial charge >= 0.3 is 0 Å². The molecule has 0 N–H and O–H groups in total.